The maximum Gasteiger partial charge on any atom is 0.141 e. The summed E-state index contributed by atoms with van der Waals surface area (Å²) >= 11 is 0. The van der Waals surface area contributed by atoms with Gasteiger partial charge in [-0.3, -0.25) is 9.88 Å². The Bertz CT molecular complexity index is 969. The number of hydrogen-bond donors (Lipinski definition) is 1. The van der Waals surface area contributed by atoms with Crippen LogP contribution in [0.3, 0.4) is 0 Å². The molecule has 1 N–H and O–H groups in total. The molecule has 6 nitrogen and oxygen atoms in total. The molecule has 1 saturated heterocycles. The van der Waals surface area contributed by atoms with Crippen LogP contribution >= 0.6 is 0 Å². The molecule has 3 heterocycles. The second-order valence-electron chi connectivity index (χ2n) is 8.16. The molecule has 2 aromatic heterocycles. The van der Waals surface area contributed by atoms with E-state index < -0.39 is 5.60 Å². The monoisotopic (exact) mass is 422 g/mol. The number of aromatic nitrogens is 2. The minimum absolute atomic E-state index is 0.355. The quantitative estimate of drug-likeness (QED) is 0.601. The lowest BCUT2D eigenvalue weighted by atomic mass is 10.0. The number of rotatable bonds is 8. The maximum absolute atomic E-state index is 13.1. The van der Waals surface area contributed by atoms with Gasteiger partial charge >= 0.3 is 0 Å². The van der Waals surface area contributed by atoms with Crippen LogP contribution in [0.5, 0.6) is 5.75 Å². The van der Waals surface area contributed by atoms with Crippen molar-refractivity contribution in [3.63, 3.8) is 0 Å². The molecule has 0 bridgehead atoms. The summed E-state index contributed by atoms with van der Waals surface area (Å²) in [6.45, 7) is 2.88. The molecule has 31 heavy (non-hydrogen) atoms. The van der Waals surface area contributed by atoms with Crippen LogP contribution in [0.15, 0.2) is 67.0 Å². The third-order valence-electron chi connectivity index (χ3n) is 5.42. The van der Waals surface area contributed by atoms with Crippen molar-refractivity contribution in [2.24, 2.45) is 0 Å². The van der Waals surface area contributed by atoms with Gasteiger partial charge in [0.15, 0.2) is 0 Å². The SMILES string of the molecule is CN(Cc1ccc(OCc2ccccn2)cc1)C[C@@]1(O)CCN(c2ccc(F)cn2)C1. The van der Waals surface area contributed by atoms with E-state index in [1.165, 1.54) is 12.3 Å². The van der Waals surface area contributed by atoms with Gasteiger partial charge in [-0.25, -0.2) is 9.37 Å². The summed E-state index contributed by atoms with van der Waals surface area (Å²) in [7, 11) is 2.00. The summed E-state index contributed by atoms with van der Waals surface area (Å²) in [5.74, 6) is 1.14. The first-order chi connectivity index (χ1) is 15.0. The zero-order chi connectivity index (χ0) is 21.7. The molecule has 162 valence electrons. The molecule has 1 atom stereocenters. The fourth-order valence-electron chi connectivity index (χ4n) is 3.94. The second kappa shape index (κ2) is 9.41. The Morgan fingerprint density at radius 3 is 2.68 bits per heavy atom. The van der Waals surface area contributed by atoms with Crippen molar-refractivity contribution < 1.29 is 14.2 Å². The van der Waals surface area contributed by atoms with Gasteiger partial charge in [0.05, 0.1) is 17.5 Å². The molecule has 0 unspecified atom stereocenters. The van der Waals surface area contributed by atoms with E-state index in [-0.39, 0.29) is 5.82 Å². The average molecular weight is 423 g/mol. The predicted molar refractivity (Wildman–Crippen MR) is 117 cm³/mol. The number of halogens is 1. The molecule has 0 aliphatic carbocycles. The fourth-order valence-corrected chi connectivity index (χ4v) is 3.94. The van der Waals surface area contributed by atoms with E-state index >= 15 is 0 Å². The van der Waals surface area contributed by atoms with Crippen molar-refractivity contribution >= 4 is 5.82 Å². The van der Waals surface area contributed by atoms with Gasteiger partial charge in [-0.2, -0.15) is 0 Å². The molecule has 1 aromatic carbocycles. The van der Waals surface area contributed by atoms with Crippen LogP contribution in [0, 0.1) is 5.82 Å². The van der Waals surface area contributed by atoms with Crippen LogP contribution in [0.1, 0.15) is 17.7 Å². The van der Waals surface area contributed by atoms with Gasteiger partial charge in [-0.05, 0) is 55.4 Å². The first-order valence-corrected chi connectivity index (χ1v) is 10.4. The number of aliphatic hydroxyl groups is 1. The molecule has 1 aliphatic heterocycles. The molecule has 3 aromatic rings. The lowest BCUT2D eigenvalue weighted by Gasteiger charge is -2.29. The van der Waals surface area contributed by atoms with E-state index in [0.717, 1.165) is 23.6 Å². The Morgan fingerprint density at radius 1 is 1.13 bits per heavy atom. The largest absolute Gasteiger partial charge is 0.487 e. The summed E-state index contributed by atoms with van der Waals surface area (Å²) in [5, 5.41) is 11.0. The number of β-amino-alcohol motifs (C(OH)–C–C–N with tert-alkyl or cyclic N) is 1. The molecule has 0 radical (unpaired) electrons. The van der Waals surface area contributed by atoms with Crippen LogP contribution in [0.25, 0.3) is 0 Å². The third kappa shape index (κ3) is 5.77. The molecular formula is C24H27FN4O2. The number of ether oxygens (including phenoxy) is 1. The zero-order valence-corrected chi connectivity index (χ0v) is 17.6. The Labute approximate surface area is 181 Å². The van der Waals surface area contributed by atoms with Crippen molar-refractivity contribution in [3.8, 4) is 5.75 Å². The van der Waals surface area contributed by atoms with Crippen LogP contribution in [-0.4, -0.2) is 52.3 Å². The van der Waals surface area contributed by atoms with Gasteiger partial charge in [0.1, 0.15) is 24.0 Å². The van der Waals surface area contributed by atoms with Crippen LogP contribution < -0.4 is 9.64 Å². The Kier molecular flexibility index (Phi) is 6.44. The molecule has 4 rings (SSSR count). The Balaban J connectivity index is 1.27. The van der Waals surface area contributed by atoms with E-state index in [1.807, 2.05) is 54.4 Å². The normalized spacial score (nSPS) is 18.5. The molecule has 1 fully saturated rings. The Hall–Kier alpha value is -3.03. The molecular weight excluding hydrogens is 395 g/mol. The summed E-state index contributed by atoms with van der Waals surface area (Å²) in [6.07, 6.45) is 3.62. The fraction of sp³-hybridized carbons (Fsp3) is 0.333. The number of likely N-dealkylation sites (N-methyl/N-ethyl adjacent to an activating group) is 1. The van der Waals surface area contributed by atoms with Crippen molar-refractivity contribution in [2.75, 3.05) is 31.6 Å². The summed E-state index contributed by atoms with van der Waals surface area (Å²) in [5.41, 5.74) is 1.21. The highest BCUT2D eigenvalue weighted by molar-refractivity contribution is 5.40. The highest BCUT2D eigenvalue weighted by atomic mass is 19.1. The molecule has 1 aliphatic rings. The molecule has 0 saturated carbocycles. The standard InChI is InChI=1S/C24H27FN4O2/c1-28(17-24(30)11-13-29(18-24)23-10-7-20(25)14-27-23)15-19-5-8-22(9-6-19)31-16-21-4-2-3-12-26-21/h2-10,12,14,30H,11,13,15-18H2,1H3/t24-/m0/s1. The van der Waals surface area contributed by atoms with Gasteiger partial charge in [0, 0.05) is 32.4 Å². The molecule has 7 heteroatoms. The Morgan fingerprint density at radius 2 is 1.97 bits per heavy atom. The van der Waals surface area contributed by atoms with Crippen molar-refractivity contribution in [2.45, 2.75) is 25.2 Å². The average Bonchev–Trinajstić information content (AvgIpc) is 3.16. The first-order valence-electron chi connectivity index (χ1n) is 10.4. The highest BCUT2D eigenvalue weighted by Crippen LogP contribution is 2.26. The van der Waals surface area contributed by atoms with E-state index in [2.05, 4.69) is 14.9 Å². The molecule has 0 spiro atoms. The van der Waals surface area contributed by atoms with Crippen LogP contribution in [-0.2, 0) is 13.2 Å². The lowest BCUT2D eigenvalue weighted by molar-refractivity contribution is 0.0279. The van der Waals surface area contributed by atoms with Crippen molar-refractivity contribution in [1.29, 1.82) is 0 Å². The minimum Gasteiger partial charge on any atom is -0.487 e. The maximum atomic E-state index is 13.1. The summed E-state index contributed by atoms with van der Waals surface area (Å²) in [4.78, 5) is 12.5. The van der Waals surface area contributed by atoms with Gasteiger partial charge in [-0.1, -0.05) is 18.2 Å². The first kappa shape index (κ1) is 21.2. The minimum atomic E-state index is -0.823. The van der Waals surface area contributed by atoms with Gasteiger partial charge in [0.2, 0.25) is 0 Å². The van der Waals surface area contributed by atoms with Gasteiger partial charge in [-0.15, -0.1) is 0 Å². The van der Waals surface area contributed by atoms with Crippen molar-refractivity contribution in [1.82, 2.24) is 14.9 Å². The number of nitrogens with zero attached hydrogens (tertiary/aromatic N) is 4. The zero-order valence-electron chi connectivity index (χ0n) is 17.6. The number of pyridine rings is 2. The summed E-state index contributed by atoms with van der Waals surface area (Å²) in [6, 6.07) is 16.8. The predicted octanol–water partition coefficient (Wildman–Crippen LogP) is 3.27. The van der Waals surface area contributed by atoms with Crippen LogP contribution in [0.4, 0.5) is 10.2 Å². The smallest absolute Gasteiger partial charge is 0.141 e. The topological polar surface area (TPSA) is 61.7 Å². The van der Waals surface area contributed by atoms with Crippen molar-refractivity contribution in [3.05, 3.63) is 84.1 Å². The van der Waals surface area contributed by atoms with Gasteiger partial charge in [0.25, 0.3) is 0 Å². The third-order valence-corrected chi connectivity index (χ3v) is 5.42. The van der Waals surface area contributed by atoms with E-state index in [4.69, 9.17) is 4.74 Å². The number of hydrogen-bond acceptors (Lipinski definition) is 6. The lowest BCUT2D eigenvalue weighted by Crippen LogP contribution is -2.43. The molecule has 0 amide bonds. The van der Waals surface area contributed by atoms with E-state index in [9.17, 15) is 9.50 Å². The van der Waals surface area contributed by atoms with Crippen LogP contribution in [0.2, 0.25) is 0 Å². The number of benzene rings is 1. The van der Waals surface area contributed by atoms with Gasteiger partial charge < -0.3 is 14.7 Å². The highest BCUT2D eigenvalue weighted by Gasteiger charge is 2.37. The summed E-state index contributed by atoms with van der Waals surface area (Å²) < 4.78 is 18.9. The second-order valence-corrected chi connectivity index (χ2v) is 8.16. The van der Waals surface area contributed by atoms with E-state index in [0.29, 0.717) is 38.5 Å². The number of anilines is 1. The van der Waals surface area contributed by atoms with E-state index in [1.54, 1.807) is 12.3 Å².